The van der Waals surface area contributed by atoms with Crippen LogP contribution in [0.5, 0.6) is 0 Å². The van der Waals surface area contributed by atoms with Gasteiger partial charge in [0.25, 0.3) is 0 Å². The average molecular weight is 570 g/mol. The summed E-state index contributed by atoms with van der Waals surface area (Å²) in [6.07, 6.45) is 3.11. The number of rotatable bonds is 5. The van der Waals surface area contributed by atoms with Crippen molar-refractivity contribution in [3.05, 3.63) is 60.7 Å². The van der Waals surface area contributed by atoms with E-state index in [4.69, 9.17) is 2.51 Å². The third kappa shape index (κ3) is 3.96. The van der Waals surface area contributed by atoms with Crippen molar-refractivity contribution in [2.24, 2.45) is 0 Å². The van der Waals surface area contributed by atoms with E-state index in [0.717, 1.165) is 30.4 Å². The predicted octanol–water partition coefficient (Wildman–Crippen LogP) is 4.78. The topological polar surface area (TPSA) is 63.6 Å². The average Bonchev–Trinajstić information content (AvgIpc) is 3.26. The van der Waals surface area contributed by atoms with Crippen molar-refractivity contribution in [3.63, 3.8) is 0 Å². The van der Waals surface area contributed by atoms with Crippen molar-refractivity contribution in [2.75, 3.05) is 0 Å². The van der Waals surface area contributed by atoms with Gasteiger partial charge in [0.2, 0.25) is 0 Å². The first-order valence-corrected chi connectivity index (χ1v) is 16.9. The molecule has 2 atom stereocenters. The van der Waals surface area contributed by atoms with Crippen LogP contribution < -0.4 is 5.19 Å². The van der Waals surface area contributed by atoms with Gasteiger partial charge in [-0.3, -0.25) is 0 Å². The normalized spacial score (nSPS) is 21.6. The SMILES string of the molecule is C[Si](C)(O)c1cc2c(cc1I(OS(=O)(=O)C(F)(F)F)c1ccccc1)[C@H]1CC[C@@H]2C1. The molecule has 0 amide bonds. The van der Waals surface area contributed by atoms with E-state index in [0.29, 0.717) is 24.2 Å². The van der Waals surface area contributed by atoms with Crippen molar-refractivity contribution in [2.45, 2.75) is 49.7 Å². The molecule has 164 valence electrons. The summed E-state index contributed by atoms with van der Waals surface area (Å²) in [6.45, 7) is 3.39. The Hall–Kier alpha value is -0.953. The molecular formula is C20H22F3IO4SSi. The molecule has 0 unspecified atom stereocenters. The third-order valence-corrected chi connectivity index (χ3v) is 15.1. The number of hydrogen-bond donors (Lipinski definition) is 1. The first-order chi connectivity index (χ1) is 13.9. The Labute approximate surface area is 182 Å². The van der Waals surface area contributed by atoms with Gasteiger partial charge in [-0.15, -0.1) is 0 Å². The molecule has 4 nitrogen and oxygen atoms in total. The van der Waals surface area contributed by atoms with Crippen LogP contribution in [-0.4, -0.2) is 27.0 Å². The Morgan fingerprint density at radius 1 is 1.07 bits per heavy atom. The van der Waals surface area contributed by atoms with E-state index in [1.807, 2.05) is 12.1 Å². The van der Waals surface area contributed by atoms with Crippen LogP contribution in [0, 0.1) is 7.14 Å². The second-order valence-corrected chi connectivity index (χ2v) is 18.3. The van der Waals surface area contributed by atoms with E-state index >= 15 is 0 Å². The molecule has 0 heterocycles. The standard InChI is InChI=1S/C20H22F3IO4SSi/c1-30(2,27)19-12-17-14-9-8-13(10-14)16(17)11-18(19)24(15-6-4-3-5-7-15)28-29(25,26)20(21,22)23/h3-7,11-14,27H,8-10H2,1-2H3/t13-,14+/m0/s1. The van der Waals surface area contributed by atoms with E-state index in [-0.39, 0.29) is 0 Å². The molecule has 2 bridgehead atoms. The summed E-state index contributed by atoms with van der Waals surface area (Å²) in [5.74, 6) is 0.752. The van der Waals surface area contributed by atoms with Crippen molar-refractivity contribution in [3.8, 4) is 0 Å². The van der Waals surface area contributed by atoms with Gasteiger partial charge in [-0.1, -0.05) is 0 Å². The van der Waals surface area contributed by atoms with E-state index in [2.05, 4.69) is 0 Å². The molecule has 2 aliphatic rings. The first kappa shape index (κ1) is 22.2. The van der Waals surface area contributed by atoms with Crippen molar-refractivity contribution in [1.82, 2.24) is 0 Å². The zero-order valence-corrected chi connectivity index (χ0v) is 20.4. The van der Waals surface area contributed by atoms with Gasteiger partial charge in [0.1, 0.15) is 0 Å². The van der Waals surface area contributed by atoms with Crippen molar-refractivity contribution >= 4 is 43.9 Å². The molecule has 10 heteroatoms. The van der Waals surface area contributed by atoms with Crippen LogP contribution in [0.4, 0.5) is 13.2 Å². The molecule has 0 aliphatic heterocycles. The fourth-order valence-electron chi connectivity index (χ4n) is 4.31. The van der Waals surface area contributed by atoms with Crippen LogP contribution in [0.25, 0.3) is 0 Å². The van der Waals surface area contributed by atoms with Gasteiger partial charge in [0.05, 0.1) is 0 Å². The molecule has 1 N–H and O–H groups in total. The Morgan fingerprint density at radius 3 is 2.17 bits per heavy atom. The zero-order chi connectivity index (χ0) is 21.9. The fraction of sp³-hybridized carbons (Fsp3) is 0.400. The van der Waals surface area contributed by atoms with Crippen LogP contribution in [0.3, 0.4) is 0 Å². The van der Waals surface area contributed by atoms with E-state index < -0.39 is 44.2 Å². The van der Waals surface area contributed by atoms with Gasteiger partial charge in [-0.05, 0) is 0 Å². The molecule has 0 radical (unpaired) electrons. The van der Waals surface area contributed by atoms with Crippen LogP contribution in [0.15, 0.2) is 42.5 Å². The Balaban J connectivity index is 1.92. The van der Waals surface area contributed by atoms with Gasteiger partial charge in [-0.25, -0.2) is 0 Å². The molecule has 1 fully saturated rings. The molecule has 2 aliphatic carbocycles. The van der Waals surface area contributed by atoms with Crippen LogP contribution in [0.1, 0.15) is 42.2 Å². The Kier molecular flexibility index (Phi) is 5.62. The number of benzene rings is 2. The van der Waals surface area contributed by atoms with Crippen molar-refractivity contribution in [1.29, 1.82) is 0 Å². The second kappa shape index (κ2) is 7.57. The van der Waals surface area contributed by atoms with Gasteiger partial charge < -0.3 is 0 Å². The maximum absolute atomic E-state index is 13.2. The molecule has 0 aromatic heterocycles. The molecule has 2 aromatic carbocycles. The summed E-state index contributed by atoms with van der Waals surface area (Å²) in [4.78, 5) is 11.0. The summed E-state index contributed by atoms with van der Waals surface area (Å²) in [6, 6.07) is 12.0. The van der Waals surface area contributed by atoms with E-state index in [1.54, 1.807) is 43.4 Å². The van der Waals surface area contributed by atoms with Crippen LogP contribution in [-0.2, 0) is 12.6 Å². The zero-order valence-electron chi connectivity index (χ0n) is 16.4. The monoisotopic (exact) mass is 570 g/mol. The molecule has 0 spiro atoms. The summed E-state index contributed by atoms with van der Waals surface area (Å²) in [5, 5.41) is 0.584. The Morgan fingerprint density at radius 2 is 1.63 bits per heavy atom. The molecule has 1 saturated carbocycles. The molecule has 0 saturated heterocycles. The van der Waals surface area contributed by atoms with E-state index in [1.165, 1.54) is 0 Å². The molecule has 4 rings (SSSR count). The first-order valence-electron chi connectivity index (χ1n) is 9.55. The Bertz CT molecular complexity index is 1070. The van der Waals surface area contributed by atoms with Gasteiger partial charge in [-0.2, -0.15) is 0 Å². The fourth-order valence-corrected chi connectivity index (χ4v) is 14.7. The summed E-state index contributed by atoms with van der Waals surface area (Å²) < 4.78 is 69.3. The number of alkyl halides is 3. The summed E-state index contributed by atoms with van der Waals surface area (Å²) in [5.41, 5.74) is -3.27. The number of halogens is 4. The maximum atomic E-state index is 13.2. The number of fused-ring (bicyclic) bond motifs is 5. The van der Waals surface area contributed by atoms with E-state index in [9.17, 15) is 26.4 Å². The molecule has 2 aromatic rings. The van der Waals surface area contributed by atoms with Gasteiger partial charge in [0.15, 0.2) is 0 Å². The molecular weight excluding hydrogens is 548 g/mol. The van der Waals surface area contributed by atoms with Crippen LogP contribution >= 0.6 is 20.2 Å². The third-order valence-electron chi connectivity index (χ3n) is 5.69. The summed E-state index contributed by atoms with van der Waals surface area (Å²) >= 11 is -3.54. The minimum atomic E-state index is -5.78. The van der Waals surface area contributed by atoms with Crippen molar-refractivity contribution < 1.29 is 28.9 Å². The summed E-state index contributed by atoms with van der Waals surface area (Å²) in [7, 11) is -8.76. The quantitative estimate of drug-likeness (QED) is 0.320. The minimum absolute atomic E-state index is 0.342. The predicted molar refractivity (Wildman–Crippen MR) is 119 cm³/mol. The van der Waals surface area contributed by atoms with Gasteiger partial charge in [0, 0.05) is 0 Å². The van der Waals surface area contributed by atoms with Crippen LogP contribution in [0.2, 0.25) is 13.1 Å². The second-order valence-electron chi connectivity index (χ2n) is 8.23. The molecule has 30 heavy (non-hydrogen) atoms. The number of hydrogen-bond acceptors (Lipinski definition) is 4. The van der Waals surface area contributed by atoms with Gasteiger partial charge >= 0.3 is 183 Å².